The number of halogens is 1. The highest BCUT2D eigenvalue weighted by Gasteiger charge is 2.32. The van der Waals surface area contributed by atoms with Crippen LogP contribution >= 0.6 is 11.3 Å². The van der Waals surface area contributed by atoms with Crippen LogP contribution in [0.5, 0.6) is 5.75 Å². The SMILES string of the molecule is NC(=O)C1CN(c2ncnc3cc(-c4ccc(F)cc4)sc23)c2ccccc2O1. The van der Waals surface area contributed by atoms with E-state index in [2.05, 4.69) is 9.97 Å². The van der Waals surface area contributed by atoms with Crippen molar-refractivity contribution in [1.82, 2.24) is 9.97 Å². The summed E-state index contributed by atoms with van der Waals surface area (Å²) in [5, 5.41) is 0. The summed E-state index contributed by atoms with van der Waals surface area (Å²) in [5.41, 5.74) is 8.00. The Kier molecular flexibility index (Phi) is 4.13. The molecule has 144 valence electrons. The monoisotopic (exact) mass is 406 g/mol. The normalized spacial score (nSPS) is 15.8. The van der Waals surface area contributed by atoms with Gasteiger partial charge in [0.25, 0.3) is 5.91 Å². The van der Waals surface area contributed by atoms with Crippen molar-refractivity contribution in [2.45, 2.75) is 6.10 Å². The van der Waals surface area contributed by atoms with Crippen molar-refractivity contribution in [3.8, 4) is 16.2 Å². The molecule has 0 saturated carbocycles. The van der Waals surface area contributed by atoms with E-state index in [1.165, 1.54) is 29.8 Å². The lowest BCUT2D eigenvalue weighted by Gasteiger charge is -2.34. The number of anilines is 2. The van der Waals surface area contributed by atoms with Crippen LogP contribution < -0.4 is 15.4 Å². The number of hydrogen-bond donors (Lipinski definition) is 1. The van der Waals surface area contributed by atoms with Crippen molar-refractivity contribution in [3.63, 3.8) is 0 Å². The van der Waals surface area contributed by atoms with Gasteiger partial charge in [0.15, 0.2) is 11.9 Å². The van der Waals surface area contributed by atoms with Gasteiger partial charge < -0.3 is 15.4 Å². The Morgan fingerprint density at radius 1 is 1.17 bits per heavy atom. The summed E-state index contributed by atoms with van der Waals surface area (Å²) >= 11 is 1.51. The zero-order valence-corrected chi connectivity index (χ0v) is 15.9. The molecule has 6 nitrogen and oxygen atoms in total. The van der Waals surface area contributed by atoms with Gasteiger partial charge in [-0.05, 0) is 35.9 Å². The molecule has 4 aromatic rings. The molecule has 0 aliphatic carbocycles. The van der Waals surface area contributed by atoms with Crippen molar-refractivity contribution in [2.24, 2.45) is 5.73 Å². The number of benzene rings is 2. The second-order valence-corrected chi connectivity index (χ2v) is 7.67. The number of ether oxygens (including phenoxy) is 1. The minimum atomic E-state index is -0.786. The Hall–Kier alpha value is -3.52. The summed E-state index contributed by atoms with van der Waals surface area (Å²) in [6.07, 6.45) is 0.711. The summed E-state index contributed by atoms with van der Waals surface area (Å²) in [6.45, 7) is 0.252. The molecule has 0 spiro atoms. The van der Waals surface area contributed by atoms with Crippen molar-refractivity contribution >= 4 is 39.0 Å². The summed E-state index contributed by atoms with van der Waals surface area (Å²) in [7, 11) is 0. The number of nitrogens with zero attached hydrogens (tertiary/aromatic N) is 3. The predicted octanol–water partition coefficient (Wildman–Crippen LogP) is 3.88. The smallest absolute Gasteiger partial charge is 0.260 e. The third-order valence-corrected chi connectivity index (χ3v) is 5.94. The molecule has 1 aliphatic heterocycles. The molecule has 0 fully saturated rings. The Bertz CT molecular complexity index is 1230. The zero-order chi connectivity index (χ0) is 20.0. The largest absolute Gasteiger partial charge is 0.477 e. The maximum atomic E-state index is 13.3. The molecule has 1 unspecified atom stereocenters. The van der Waals surface area contributed by atoms with Crippen LogP contribution in [0.4, 0.5) is 15.9 Å². The van der Waals surface area contributed by atoms with Gasteiger partial charge in [0, 0.05) is 4.88 Å². The maximum absolute atomic E-state index is 13.3. The van der Waals surface area contributed by atoms with E-state index >= 15 is 0 Å². The first-order valence-corrected chi connectivity index (χ1v) is 9.75. The standard InChI is InChI=1S/C21H15FN4O2S/c22-13-7-5-12(6-8-13)18-9-14-19(29-18)21(25-11-24-14)26-10-17(20(23)27)28-16-4-2-1-3-15(16)26/h1-9,11,17H,10H2,(H2,23,27). The Morgan fingerprint density at radius 2 is 1.97 bits per heavy atom. The van der Waals surface area contributed by atoms with E-state index in [1.54, 1.807) is 18.2 Å². The highest BCUT2D eigenvalue weighted by atomic mass is 32.1. The van der Waals surface area contributed by atoms with Gasteiger partial charge in [-0.2, -0.15) is 0 Å². The molecule has 2 aromatic heterocycles. The average Bonchev–Trinajstić information content (AvgIpc) is 3.18. The van der Waals surface area contributed by atoms with E-state index in [0.29, 0.717) is 11.6 Å². The van der Waals surface area contributed by atoms with Crippen LogP contribution in [0.15, 0.2) is 60.9 Å². The molecule has 1 aliphatic rings. The molecule has 1 amide bonds. The molecule has 0 saturated heterocycles. The van der Waals surface area contributed by atoms with Crippen LogP contribution in [0.1, 0.15) is 0 Å². The number of fused-ring (bicyclic) bond motifs is 2. The topological polar surface area (TPSA) is 81.3 Å². The molecular weight excluding hydrogens is 391 g/mol. The van der Waals surface area contributed by atoms with Gasteiger partial charge in [-0.25, -0.2) is 14.4 Å². The van der Waals surface area contributed by atoms with Gasteiger partial charge in [0.05, 0.1) is 22.4 Å². The van der Waals surface area contributed by atoms with Crippen LogP contribution in [-0.4, -0.2) is 28.5 Å². The van der Waals surface area contributed by atoms with Crippen molar-refractivity contribution in [2.75, 3.05) is 11.4 Å². The zero-order valence-electron chi connectivity index (χ0n) is 15.1. The van der Waals surface area contributed by atoms with Crippen LogP contribution in [0.25, 0.3) is 20.7 Å². The lowest BCUT2D eigenvalue weighted by Crippen LogP contribution is -2.45. The summed E-state index contributed by atoms with van der Waals surface area (Å²) in [5.74, 6) is 0.436. The third kappa shape index (κ3) is 3.07. The van der Waals surface area contributed by atoms with Crippen molar-refractivity contribution in [3.05, 3.63) is 66.7 Å². The van der Waals surface area contributed by atoms with Gasteiger partial charge >= 0.3 is 0 Å². The Labute approximate surface area is 169 Å². The van der Waals surface area contributed by atoms with Gasteiger partial charge in [0.1, 0.15) is 17.9 Å². The number of rotatable bonds is 3. The Morgan fingerprint density at radius 3 is 2.76 bits per heavy atom. The van der Waals surface area contributed by atoms with Crippen molar-refractivity contribution < 1.29 is 13.9 Å². The van der Waals surface area contributed by atoms with Crippen molar-refractivity contribution in [1.29, 1.82) is 0 Å². The number of carbonyl (C=O) groups excluding carboxylic acids is 1. The van der Waals surface area contributed by atoms with Crippen LogP contribution in [0.3, 0.4) is 0 Å². The number of amides is 1. The van der Waals surface area contributed by atoms with Gasteiger partial charge in [-0.1, -0.05) is 24.3 Å². The highest BCUT2D eigenvalue weighted by molar-refractivity contribution is 7.22. The Balaban J connectivity index is 1.65. The number of primary amides is 1. The van der Waals surface area contributed by atoms with Gasteiger partial charge in [0.2, 0.25) is 0 Å². The van der Waals surface area contributed by atoms with E-state index in [9.17, 15) is 9.18 Å². The fourth-order valence-electron chi connectivity index (χ4n) is 3.37. The quantitative estimate of drug-likeness (QED) is 0.558. The lowest BCUT2D eigenvalue weighted by molar-refractivity contribution is -0.124. The molecule has 8 heteroatoms. The van der Waals surface area contributed by atoms with E-state index < -0.39 is 12.0 Å². The average molecular weight is 406 g/mol. The molecule has 0 radical (unpaired) electrons. The number of para-hydroxylation sites is 2. The van der Waals surface area contributed by atoms with Crippen LogP contribution in [-0.2, 0) is 4.79 Å². The first kappa shape index (κ1) is 17.6. The molecule has 3 heterocycles. The molecule has 2 N–H and O–H groups in total. The minimum absolute atomic E-state index is 0.252. The molecule has 2 aromatic carbocycles. The van der Waals surface area contributed by atoms with Crippen LogP contribution in [0, 0.1) is 5.82 Å². The predicted molar refractivity (Wildman–Crippen MR) is 110 cm³/mol. The van der Waals surface area contributed by atoms with E-state index in [4.69, 9.17) is 10.5 Å². The minimum Gasteiger partial charge on any atom is -0.477 e. The molecule has 29 heavy (non-hydrogen) atoms. The lowest BCUT2D eigenvalue weighted by atomic mass is 10.1. The van der Waals surface area contributed by atoms with Crippen LogP contribution in [0.2, 0.25) is 0 Å². The molecule has 5 rings (SSSR count). The highest BCUT2D eigenvalue weighted by Crippen LogP contribution is 2.42. The fourth-order valence-corrected chi connectivity index (χ4v) is 4.49. The summed E-state index contributed by atoms with van der Waals surface area (Å²) in [4.78, 5) is 23.6. The molecule has 0 bridgehead atoms. The number of carbonyl (C=O) groups is 1. The summed E-state index contributed by atoms with van der Waals surface area (Å²) < 4.78 is 19.9. The second-order valence-electron chi connectivity index (χ2n) is 6.62. The van der Waals surface area contributed by atoms with E-state index in [0.717, 1.165) is 26.3 Å². The van der Waals surface area contributed by atoms with E-state index in [1.807, 2.05) is 29.2 Å². The third-order valence-electron chi connectivity index (χ3n) is 4.77. The molecule has 1 atom stereocenters. The fraction of sp³-hybridized carbons (Fsp3) is 0.0952. The number of aromatic nitrogens is 2. The number of hydrogen-bond acceptors (Lipinski definition) is 6. The van der Waals surface area contributed by atoms with Gasteiger partial charge in [-0.15, -0.1) is 11.3 Å². The maximum Gasteiger partial charge on any atom is 0.260 e. The van der Waals surface area contributed by atoms with Gasteiger partial charge in [-0.3, -0.25) is 4.79 Å². The number of nitrogens with two attached hydrogens (primary N) is 1. The number of thiophene rings is 1. The molecular formula is C21H15FN4O2S. The summed E-state index contributed by atoms with van der Waals surface area (Å²) in [6, 6.07) is 15.7. The van der Waals surface area contributed by atoms with E-state index in [-0.39, 0.29) is 12.4 Å². The first-order valence-electron chi connectivity index (χ1n) is 8.93. The first-order chi connectivity index (χ1) is 14.1. The second kappa shape index (κ2) is 6.82.